The lowest BCUT2D eigenvalue weighted by atomic mass is 9.97. The van der Waals surface area contributed by atoms with Gasteiger partial charge in [0.15, 0.2) is 39.2 Å². The number of para-hydroxylation sites is 1. The molecule has 3 heterocycles. The molecule has 33 heavy (non-hydrogen) atoms. The van der Waals surface area contributed by atoms with Gasteiger partial charge < -0.3 is 25.0 Å². The van der Waals surface area contributed by atoms with Crippen LogP contribution in [0.1, 0.15) is 25.8 Å². The summed E-state index contributed by atoms with van der Waals surface area (Å²) in [5.41, 5.74) is 0.101. The van der Waals surface area contributed by atoms with Gasteiger partial charge in [0.2, 0.25) is 11.8 Å². The first-order chi connectivity index (χ1) is 15.4. The van der Waals surface area contributed by atoms with Crippen LogP contribution in [0.4, 0.5) is 0 Å². The Balaban J connectivity index is 1.54. The molecule has 0 saturated carbocycles. The third-order valence-corrected chi connectivity index (χ3v) is 8.81. The van der Waals surface area contributed by atoms with Crippen molar-refractivity contribution in [2.24, 2.45) is 9.98 Å². The van der Waals surface area contributed by atoms with Crippen LogP contribution in [0.5, 0.6) is 11.5 Å². The van der Waals surface area contributed by atoms with Crippen molar-refractivity contribution in [3.63, 3.8) is 0 Å². The van der Waals surface area contributed by atoms with Crippen LogP contribution in [0.15, 0.2) is 28.2 Å². The zero-order chi connectivity index (χ0) is 24.3. The largest absolute Gasteiger partial charge is 0.504 e. The Morgan fingerprint density at radius 1 is 1.36 bits per heavy atom. The average molecular weight is 479 g/mol. The van der Waals surface area contributed by atoms with Crippen LogP contribution in [0.2, 0.25) is 0 Å². The van der Waals surface area contributed by atoms with Crippen LogP contribution < -0.4 is 0 Å². The topological polar surface area (TPSA) is 183 Å². The van der Waals surface area contributed by atoms with Gasteiger partial charge in [-0.05, 0) is 26.0 Å². The zero-order valence-electron chi connectivity index (χ0n) is 17.6. The summed E-state index contributed by atoms with van der Waals surface area (Å²) in [5, 5.41) is 28.0. The highest BCUT2D eigenvalue weighted by Gasteiger charge is 2.69. The number of hydrogen-bond acceptors (Lipinski definition) is 10. The van der Waals surface area contributed by atoms with Gasteiger partial charge in [-0.3, -0.25) is 14.6 Å². The number of rotatable bonds is 6. The van der Waals surface area contributed by atoms with Crippen LogP contribution in [-0.2, 0) is 29.0 Å². The van der Waals surface area contributed by atoms with E-state index in [1.54, 1.807) is 6.92 Å². The van der Waals surface area contributed by atoms with E-state index in [4.69, 9.17) is 4.74 Å². The molecule has 1 aromatic rings. The van der Waals surface area contributed by atoms with Gasteiger partial charge in [-0.25, -0.2) is 18.2 Å². The Kier molecular flexibility index (Phi) is 5.19. The Morgan fingerprint density at radius 3 is 2.70 bits per heavy atom. The highest BCUT2D eigenvalue weighted by Crippen LogP contribution is 2.45. The molecule has 3 aliphatic heterocycles. The number of β-lactam (4-membered cyclic amide) rings is 1. The van der Waals surface area contributed by atoms with E-state index in [1.165, 1.54) is 25.1 Å². The predicted octanol–water partition coefficient (Wildman–Crippen LogP) is -0.530. The second kappa shape index (κ2) is 7.54. The van der Waals surface area contributed by atoms with E-state index in [0.717, 1.165) is 11.1 Å². The molecular formula is C20H21N3O9S. The minimum atomic E-state index is -4.08. The second-order valence-electron chi connectivity index (χ2n) is 8.24. The fraction of sp³-hybridized carbons (Fsp3) is 0.450. The van der Waals surface area contributed by atoms with E-state index in [1.807, 2.05) is 0 Å². The van der Waals surface area contributed by atoms with Gasteiger partial charge in [0.25, 0.3) is 0 Å². The van der Waals surface area contributed by atoms with E-state index in [-0.39, 0.29) is 23.6 Å². The van der Waals surface area contributed by atoms with Crippen molar-refractivity contribution in [1.82, 2.24) is 4.90 Å². The average Bonchev–Trinajstić information content (AvgIpc) is 3.17. The molecular weight excluding hydrogens is 458 g/mol. The highest BCUT2D eigenvalue weighted by molar-refractivity contribution is 7.94. The lowest BCUT2D eigenvalue weighted by Gasteiger charge is -2.35. The standard InChI is InChI=1S/C20H21N3O9S/c1-9-15(22-18(32-9)10-4-3-5-11(24)16(10)27)12(25)7-21-8-20(2)17(19(28)29)23-13(26)6-14(23)33(20,30)31/h3-5,8-9,14-15,17,24,27H,6-7H2,1-2H3,(H,28,29)/t9-,14-,15+,17+,20+/m1/s1. The Morgan fingerprint density at radius 2 is 2.06 bits per heavy atom. The van der Waals surface area contributed by atoms with Gasteiger partial charge in [-0.2, -0.15) is 0 Å². The van der Waals surface area contributed by atoms with Gasteiger partial charge >= 0.3 is 5.97 Å². The van der Waals surface area contributed by atoms with E-state index in [9.17, 15) is 38.1 Å². The number of Topliss-reactive ketones (excluding diaryl/α,β-unsaturated/α-hetero) is 1. The molecule has 0 aromatic heterocycles. The fourth-order valence-electron chi connectivity index (χ4n) is 4.29. The number of aliphatic carboxylic acids is 1. The van der Waals surface area contributed by atoms with Gasteiger partial charge in [0, 0.05) is 6.21 Å². The first kappa shape index (κ1) is 22.7. The molecule has 0 aliphatic carbocycles. The fourth-order valence-corrected chi connectivity index (χ4v) is 6.52. The first-order valence-electron chi connectivity index (χ1n) is 9.97. The van der Waals surface area contributed by atoms with Crippen molar-refractivity contribution in [2.75, 3.05) is 6.54 Å². The quantitative estimate of drug-likeness (QED) is 0.274. The van der Waals surface area contributed by atoms with Gasteiger partial charge in [-0.15, -0.1) is 0 Å². The van der Waals surface area contributed by atoms with E-state index < -0.39 is 68.1 Å². The zero-order valence-corrected chi connectivity index (χ0v) is 18.4. The third kappa shape index (κ3) is 3.25. The number of carbonyl (C=O) groups excluding carboxylic acids is 2. The monoisotopic (exact) mass is 479 g/mol. The number of phenols is 2. The molecule has 4 rings (SSSR count). The molecule has 3 aliphatic rings. The van der Waals surface area contributed by atoms with Crippen molar-refractivity contribution >= 4 is 39.6 Å². The minimum absolute atomic E-state index is 0.0441. The maximum Gasteiger partial charge on any atom is 0.328 e. The lowest BCUT2D eigenvalue weighted by molar-refractivity contribution is -0.156. The molecule has 1 amide bonds. The lowest BCUT2D eigenvalue weighted by Crippen LogP contribution is -2.57. The van der Waals surface area contributed by atoms with E-state index in [2.05, 4.69) is 9.98 Å². The molecule has 2 fully saturated rings. The summed E-state index contributed by atoms with van der Waals surface area (Å²) in [4.78, 5) is 45.2. The Bertz CT molecular complexity index is 1230. The minimum Gasteiger partial charge on any atom is -0.504 e. The number of fused-ring (bicyclic) bond motifs is 1. The molecule has 13 heteroatoms. The number of aromatic hydroxyl groups is 2. The third-order valence-electron chi connectivity index (χ3n) is 6.14. The summed E-state index contributed by atoms with van der Waals surface area (Å²) in [6, 6.07) is 1.54. The summed E-state index contributed by atoms with van der Waals surface area (Å²) in [6.07, 6.45) is -0.0942. The summed E-state index contributed by atoms with van der Waals surface area (Å²) >= 11 is 0. The number of phenolic OH excluding ortho intramolecular Hbond substituents is 2. The number of carboxylic acid groups (broad SMARTS) is 1. The van der Waals surface area contributed by atoms with Crippen molar-refractivity contribution in [3.8, 4) is 11.5 Å². The molecule has 12 nitrogen and oxygen atoms in total. The molecule has 1 aromatic carbocycles. The SMILES string of the molecule is C[C@H]1OC(c2cccc(O)c2O)=N[C@@H]1C(=O)CN=C[C@@]1(C)[C@H](C(=O)O)N2C(=O)C[C@H]2S1(=O)=O. The van der Waals surface area contributed by atoms with Crippen LogP contribution in [0, 0.1) is 0 Å². The molecule has 0 bridgehead atoms. The molecule has 0 unspecified atom stereocenters. The summed E-state index contributed by atoms with van der Waals surface area (Å²) < 4.78 is 29.3. The summed E-state index contributed by atoms with van der Waals surface area (Å²) in [7, 11) is -4.08. The molecule has 2 saturated heterocycles. The van der Waals surface area contributed by atoms with Crippen LogP contribution in [-0.4, -0.2) is 93.3 Å². The van der Waals surface area contributed by atoms with Gasteiger partial charge in [0.05, 0.1) is 18.5 Å². The number of amides is 1. The predicted molar refractivity (Wildman–Crippen MR) is 113 cm³/mol. The van der Waals surface area contributed by atoms with Crippen LogP contribution in [0.3, 0.4) is 0 Å². The Hall–Kier alpha value is -3.48. The molecule has 0 radical (unpaired) electrons. The first-order valence-corrected chi connectivity index (χ1v) is 11.5. The van der Waals surface area contributed by atoms with Gasteiger partial charge in [-0.1, -0.05) is 6.07 Å². The molecule has 0 spiro atoms. The number of aliphatic imine (C=N–C) groups is 2. The second-order valence-corrected chi connectivity index (χ2v) is 10.8. The number of sulfone groups is 1. The van der Waals surface area contributed by atoms with Crippen molar-refractivity contribution in [3.05, 3.63) is 23.8 Å². The number of carboxylic acids is 1. The van der Waals surface area contributed by atoms with Gasteiger partial charge in [0.1, 0.15) is 16.2 Å². The smallest absolute Gasteiger partial charge is 0.328 e. The highest BCUT2D eigenvalue weighted by atomic mass is 32.2. The number of hydrogen-bond donors (Lipinski definition) is 3. The summed E-state index contributed by atoms with van der Waals surface area (Å²) in [5.74, 6) is -3.46. The van der Waals surface area contributed by atoms with Crippen molar-refractivity contribution in [1.29, 1.82) is 0 Å². The number of nitrogens with zero attached hydrogens (tertiary/aromatic N) is 3. The summed E-state index contributed by atoms with van der Waals surface area (Å²) in [6.45, 7) is 2.24. The van der Waals surface area contributed by atoms with Crippen molar-refractivity contribution in [2.45, 2.75) is 48.6 Å². The van der Waals surface area contributed by atoms with Crippen LogP contribution >= 0.6 is 0 Å². The Labute approximate surface area is 188 Å². The molecule has 3 N–H and O–H groups in total. The van der Waals surface area contributed by atoms with E-state index in [0.29, 0.717) is 0 Å². The number of ketones is 1. The molecule has 5 atom stereocenters. The molecule has 176 valence electrons. The maximum atomic E-state index is 12.9. The normalized spacial score (nSPS) is 32.2. The number of benzene rings is 1. The maximum absolute atomic E-state index is 12.9. The van der Waals surface area contributed by atoms with E-state index >= 15 is 0 Å². The van der Waals surface area contributed by atoms with Crippen LogP contribution in [0.25, 0.3) is 0 Å². The number of carbonyl (C=O) groups is 3. The number of ether oxygens (including phenoxy) is 1. The van der Waals surface area contributed by atoms with Crippen molar-refractivity contribution < 1.29 is 42.9 Å².